The number of nitro benzene ring substituents is 1. The van der Waals surface area contributed by atoms with E-state index >= 15 is 0 Å². The van der Waals surface area contributed by atoms with Crippen LogP contribution in [0.4, 0.5) is 5.69 Å². The number of fused-ring (bicyclic) bond motifs is 1. The maximum Gasteiger partial charge on any atom is 0.338 e. The third kappa shape index (κ3) is 6.52. The first-order valence-electron chi connectivity index (χ1n) is 15.5. The van der Waals surface area contributed by atoms with Crippen LogP contribution in [0.5, 0.6) is 11.5 Å². The largest absolute Gasteiger partial charge is 0.497 e. The Hall–Kier alpha value is -5.82. The summed E-state index contributed by atoms with van der Waals surface area (Å²) in [6.45, 7) is 7.27. The third-order valence-electron chi connectivity index (χ3n) is 7.79. The number of thiazole rings is 1. The Balaban J connectivity index is 1.56. The molecule has 0 spiro atoms. The van der Waals surface area contributed by atoms with Gasteiger partial charge >= 0.3 is 11.7 Å². The summed E-state index contributed by atoms with van der Waals surface area (Å²) in [5, 5.41) is 16.8. The lowest BCUT2D eigenvalue weighted by Gasteiger charge is -2.25. The van der Waals surface area contributed by atoms with Gasteiger partial charge in [0.05, 0.1) is 52.3 Å². The summed E-state index contributed by atoms with van der Waals surface area (Å²) < 4.78 is 19.9. The number of benzene rings is 3. The number of carbonyl (C=O) groups excluding carboxylic acids is 1. The van der Waals surface area contributed by atoms with Crippen LogP contribution in [0.3, 0.4) is 0 Å². The van der Waals surface area contributed by atoms with Gasteiger partial charge < -0.3 is 14.2 Å². The molecule has 250 valence electrons. The summed E-state index contributed by atoms with van der Waals surface area (Å²) in [4.78, 5) is 44.4. The fraction of sp³-hybridized carbons (Fsp3) is 0.222. The van der Waals surface area contributed by atoms with Crippen LogP contribution in [0.2, 0.25) is 0 Å². The van der Waals surface area contributed by atoms with Crippen molar-refractivity contribution >= 4 is 29.1 Å². The zero-order valence-corrected chi connectivity index (χ0v) is 28.3. The Morgan fingerprint density at radius 3 is 2.49 bits per heavy atom. The van der Waals surface area contributed by atoms with E-state index in [1.54, 1.807) is 76.0 Å². The molecular formula is C36H33N5O7S. The molecule has 1 aliphatic heterocycles. The molecule has 2 aromatic heterocycles. The second kappa shape index (κ2) is 13.7. The lowest BCUT2D eigenvalue weighted by Crippen LogP contribution is -2.40. The van der Waals surface area contributed by atoms with E-state index in [9.17, 15) is 19.7 Å². The quantitative estimate of drug-likeness (QED) is 0.109. The van der Waals surface area contributed by atoms with Gasteiger partial charge in [-0.3, -0.25) is 19.5 Å². The van der Waals surface area contributed by atoms with Crippen LogP contribution in [0, 0.1) is 10.1 Å². The van der Waals surface area contributed by atoms with E-state index in [0.29, 0.717) is 43.2 Å². The molecule has 0 amide bonds. The Morgan fingerprint density at radius 1 is 1.10 bits per heavy atom. The molecule has 5 aromatic rings. The van der Waals surface area contributed by atoms with E-state index in [-0.39, 0.29) is 35.3 Å². The van der Waals surface area contributed by atoms with Crippen molar-refractivity contribution in [1.29, 1.82) is 0 Å². The van der Waals surface area contributed by atoms with Gasteiger partial charge in [0, 0.05) is 23.4 Å². The predicted octanol–water partition coefficient (Wildman–Crippen LogP) is 5.36. The summed E-state index contributed by atoms with van der Waals surface area (Å²) in [6.07, 6.45) is 3.08. The maximum atomic E-state index is 14.4. The molecule has 0 radical (unpaired) electrons. The van der Waals surface area contributed by atoms with Crippen LogP contribution in [0.25, 0.3) is 23.0 Å². The number of allylic oxidation sites excluding steroid dienone is 1. The number of rotatable bonds is 10. The summed E-state index contributed by atoms with van der Waals surface area (Å²) in [6, 6.07) is 20.4. The molecule has 12 nitrogen and oxygen atoms in total. The molecule has 3 heterocycles. The molecule has 6 rings (SSSR count). The van der Waals surface area contributed by atoms with Crippen molar-refractivity contribution in [3.05, 3.63) is 131 Å². The van der Waals surface area contributed by atoms with Gasteiger partial charge in [-0.15, -0.1) is 0 Å². The van der Waals surface area contributed by atoms with Gasteiger partial charge in [-0.2, -0.15) is 5.10 Å². The van der Waals surface area contributed by atoms with Crippen LogP contribution in [0.1, 0.15) is 44.9 Å². The molecular weight excluding hydrogens is 646 g/mol. The van der Waals surface area contributed by atoms with Gasteiger partial charge in [-0.05, 0) is 75.7 Å². The van der Waals surface area contributed by atoms with Gasteiger partial charge in [0.1, 0.15) is 11.4 Å². The first-order valence-corrected chi connectivity index (χ1v) is 16.4. The van der Waals surface area contributed by atoms with Crippen molar-refractivity contribution in [3.8, 4) is 28.4 Å². The minimum absolute atomic E-state index is 0.148. The highest BCUT2D eigenvalue weighted by Crippen LogP contribution is 2.35. The van der Waals surface area contributed by atoms with Crippen molar-refractivity contribution in [1.82, 2.24) is 14.3 Å². The number of aromatic nitrogens is 3. The van der Waals surface area contributed by atoms with Crippen molar-refractivity contribution in [3.63, 3.8) is 0 Å². The number of methoxy groups -OCH3 is 1. The van der Waals surface area contributed by atoms with Crippen LogP contribution in [0.15, 0.2) is 100 Å². The van der Waals surface area contributed by atoms with Gasteiger partial charge in [0.15, 0.2) is 10.6 Å². The number of hydrogen-bond donors (Lipinski definition) is 0. The smallest absolute Gasteiger partial charge is 0.338 e. The van der Waals surface area contributed by atoms with E-state index < -0.39 is 16.9 Å². The molecule has 0 N–H and O–H groups in total. The summed E-state index contributed by atoms with van der Waals surface area (Å²) in [5.74, 6) is 0.213. The second-order valence-electron chi connectivity index (χ2n) is 11.4. The highest BCUT2D eigenvalue weighted by atomic mass is 32.1. The molecule has 0 fully saturated rings. The highest BCUT2D eigenvalue weighted by molar-refractivity contribution is 7.07. The summed E-state index contributed by atoms with van der Waals surface area (Å²) in [5.41, 5.74) is 3.00. The first kappa shape index (κ1) is 33.1. The van der Waals surface area contributed by atoms with E-state index in [1.807, 2.05) is 42.5 Å². The molecule has 3 aromatic carbocycles. The van der Waals surface area contributed by atoms with E-state index in [1.165, 1.54) is 22.0 Å². The SMILES string of the molecule is CCOc1ccc(-c2nn(-c3ccccc3)cc2C=c2sc3n(c2=O)C(c2ccc(OC)cc2)C(C(=O)OC(C)C)=C(C)N=3)cc1[N+](=O)[O-]. The molecule has 13 heteroatoms. The van der Waals surface area contributed by atoms with E-state index in [4.69, 9.17) is 19.3 Å². The van der Waals surface area contributed by atoms with Crippen LogP contribution >= 0.6 is 11.3 Å². The lowest BCUT2D eigenvalue weighted by molar-refractivity contribution is -0.385. The minimum Gasteiger partial charge on any atom is -0.497 e. The first-order chi connectivity index (χ1) is 23.6. The molecule has 0 bridgehead atoms. The number of esters is 1. The Bertz CT molecular complexity index is 2270. The minimum atomic E-state index is -0.809. The van der Waals surface area contributed by atoms with Crippen molar-refractivity contribution < 1.29 is 23.9 Å². The van der Waals surface area contributed by atoms with Crippen LogP contribution < -0.4 is 24.4 Å². The second-order valence-corrected chi connectivity index (χ2v) is 12.4. The summed E-state index contributed by atoms with van der Waals surface area (Å²) in [7, 11) is 1.56. The average Bonchev–Trinajstić information content (AvgIpc) is 3.64. The Morgan fingerprint density at radius 2 is 1.84 bits per heavy atom. The standard InChI is InChI=1S/C36H33N5O7S/c1-6-47-29-17-14-24(18-28(29)41(44)45)32-25(20-39(38-32)26-10-8-7-9-11-26)19-30-34(42)40-33(23-12-15-27(46-5)16-13-23)31(35(43)48-21(2)3)22(4)37-36(40)49-30/h7-21,33H,6H2,1-5H3. The average molecular weight is 680 g/mol. The Kier molecular flexibility index (Phi) is 9.27. The molecule has 1 atom stereocenters. The number of carbonyl (C=O) groups is 1. The topological polar surface area (TPSA) is 140 Å². The Labute approximate surface area is 285 Å². The van der Waals surface area contributed by atoms with Gasteiger partial charge in [0.2, 0.25) is 0 Å². The van der Waals surface area contributed by atoms with Crippen LogP contribution in [-0.4, -0.2) is 45.1 Å². The maximum absolute atomic E-state index is 14.4. The number of hydrogen-bond acceptors (Lipinski definition) is 10. The predicted molar refractivity (Wildman–Crippen MR) is 185 cm³/mol. The number of nitro groups is 1. The van der Waals surface area contributed by atoms with Gasteiger partial charge in [-0.1, -0.05) is 41.7 Å². The molecule has 0 aliphatic carbocycles. The summed E-state index contributed by atoms with van der Waals surface area (Å²) >= 11 is 1.17. The molecule has 1 unspecified atom stereocenters. The van der Waals surface area contributed by atoms with Crippen molar-refractivity contribution in [2.75, 3.05) is 13.7 Å². The molecule has 0 saturated heterocycles. The monoisotopic (exact) mass is 679 g/mol. The molecule has 49 heavy (non-hydrogen) atoms. The fourth-order valence-corrected chi connectivity index (χ4v) is 6.66. The number of nitrogens with zero attached hydrogens (tertiary/aromatic N) is 5. The molecule has 1 aliphatic rings. The zero-order valence-electron chi connectivity index (χ0n) is 27.4. The van der Waals surface area contributed by atoms with E-state index in [2.05, 4.69) is 4.99 Å². The van der Waals surface area contributed by atoms with Crippen molar-refractivity contribution in [2.45, 2.75) is 39.8 Å². The van der Waals surface area contributed by atoms with E-state index in [0.717, 1.165) is 5.69 Å². The van der Waals surface area contributed by atoms with Gasteiger partial charge in [-0.25, -0.2) is 14.5 Å². The third-order valence-corrected chi connectivity index (χ3v) is 8.78. The normalized spacial score (nSPS) is 14.4. The van der Waals surface area contributed by atoms with Crippen LogP contribution in [-0.2, 0) is 9.53 Å². The highest BCUT2D eigenvalue weighted by Gasteiger charge is 2.34. The fourth-order valence-electron chi connectivity index (χ4n) is 5.62. The van der Waals surface area contributed by atoms with Crippen molar-refractivity contribution in [2.24, 2.45) is 4.99 Å². The lowest BCUT2D eigenvalue weighted by atomic mass is 9.96. The number of para-hydroxylation sites is 1. The number of ether oxygens (including phenoxy) is 3. The molecule has 0 saturated carbocycles. The zero-order chi connectivity index (χ0) is 34.8. The van der Waals surface area contributed by atoms with Gasteiger partial charge in [0.25, 0.3) is 5.56 Å².